The van der Waals surface area contributed by atoms with Crippen molar-refractivity contribution in [1.82, 2.24) is 0 Å². The van der Waals surface area contributed by atoms with Gasteiger partial charge in [-0.2, -0.15) is 9.15 Å². The lowest BCUT2D eigenvalue weighted by molar-refractivity contribution is -0.440. The third-order valence-corrected chi connectivity index (χ3v) is 23.0. The van der Waals surface area contributed by atoms with Crippen molar-refractivity contribution in [3.63, 3.8) is 0 Å². The second-order valence-corrected chi connectivity index (χ2v) is 32.5. The summed E-state index contributed by atoms with van der Waals surface area (Å²) in [6.07, 6.45) is 44.4. The van der Waals surface area contributed by atoms with Crippen LogP contribution in [-0.4, -0.2) is 72.7 Å². The van der Waals surface area contributed by atoms with Crippen molar-refractivity contribution in [2.75, 3.05) is 36.0 Å². The quantitative estimate of drug-likeness (QED) is 0.0211. The highest BCUT2D eigenvalue weighted by Gasteiger charge is 2.25. The van der Waals surface area contributed by atoms with Gasteiger partial charge >= 0.3 is 0 Å². The van der Waals surface area contributed by atoms with Gasteiger partial charge in [0.05, 0.1) is 9.79 Å². The van der Waals surface area contributed by atoms with Crippen LogP contribution < -0.4 is 9.80 Å². The number of unbranched alkanes of at least 4 members (excludes halogenated alkanes) is 12. The number of hydrogen-bond acceptors (Lipinski definition) is 8. The van der Waals surface area contributed by atoms with Crippen LogP contribution in [0.5, 0.6) is 0 Å². The van der Waals surface area contributed by atoms with Crippen molar-refractivity contribution in [3.8, 4) is 0 Å². The number of rotatable bonds is 40. The SMILES string of the molecule is CCCCCCc1ccc(N(CCCC)c2ccc(C(=C3C=CC(=[N+](CCCC)c4ccc(CCCCCC)cc4C)C=C3)c3ccccc3S(=O)(=O)[O-])cc2)cc1.CCCCc1ccc(N(CCCC)c2ccc(C(=C3C=CC(=[N+](CCCC)c4ccc(CCCC)cc4)C=C3)c3ccccc3S(=O)(=O)[O-])cc2)cc1. The monoisotopic (exact) mass is 1530 g/mol. The van der Waals surface area contributed by atoms with Crippen LogP contribution in [0.15, 0.2) is 258 Å². The lowest BCUT2D eigenvalue weighted by Gasteiger charge is -2.26. The first-order valence-electron chi connectivity index (χ1n) is 41.7. The summed E-state index contributed by atoms with van der Waals surface area (Å²) in [6, 6.07) is 63.5. The smallest absolute Gasteiger partial charge is 0.208 e. The van der Waals surface area contributed by atoms with Gasteiger partial charge in [0.25, 0.3) is 0 Å². The van der Waals surface area contributed by atoms with Gasteiger partial charge in [-0.05, 0) is 218 Å². The van der Waals surface area contributed by atoms with Gasteiger partial charge in [0.2, 0.25) is 22.8 Å². The maximum atomic E-state index is 12.7. The van der Waals surface area contributed by atoms with Crippen LogP contribution in [0.4, 0.5) is 34.1 Å². The molecule has 12 heteroatoms. The summed E-state index contributed by atoms with van der Waals surface area (Å²) in [4.78, 5) is 4.28. The first-order chi connectivity index (χ1) is 53.9. The van der Waals surface area contributed by atoms with E-state index in [-0.39, 0.29) is 9.79 Å². The molecule has 0 saturated heterocycles. The van der Waals surface area contributed by atoms with E-state index >= 15 is 0 Å². The van der Waals surface area contributed by atoms with Gasteiger partial charge in [0.1, 0.15) is 33.3 Å². The van der Waals surface area contributed by atoms with E-state index in [4.69, 9.17) is 0 Å². The van der Waals surface area contributed by atoms with Gasteiger partial charge in [-0.3, -0.25) is 0 Å². The summed E-state index contributed by atoms with van der Waals surface area (Å²) in [7, 11) is -9.48. The topological polar surface area (TPSA) is 127 Å². The van der Waals surface area contributed by atoms with E-state index in [0.717, 1.165) is 165 Å². The van der Waals surface area contributed by atoms with Crippen LogP contribution in [0.25, 0.3) is 11.1 Å². The van der Waals surface area contributed by atoms with Crippen molar-refractivity contribution < 1.29 is 35.1 Å². The number of anilines is 4. The zero-order chi connectivity index (χ0) is 79.0. The molecule has 0 fully saturated rings. The molecule has 0 bridgehead atoms. The predicted molar refractivity (Wildman–Crippen MR) is 467 cm³/mol. The highest BCUT2D eigenvalue weighted by atomic mass is 32.2. The average molecular weight is 1530 g/mol. The summed E-state index contributed by atoms with van der Waals surface area (Å²) in [6.45, 7) is 23.5. The summed E-state index contributed by atoms with van der Waals surface area (Å²) in [5, 5.41) is 0. The highest BCUT2D eigenvalue weighted by Crippen LogP contribution is 2.39. The Balaban J connectivity index is 0.000000256. The third kappa shape index (κ3) is 24.7. The molecule has 111 heavy (non-hydrogen) atoms. The second-order valence-electron chi connectivity index (χ2n) is 29.8. The number of aryl methyl sites for hydroxylation is 5. The van der Waals surface area contributed by atoms with Gasteiger partial charge < -0.3 is 18.9 Å². The molecule has 10 nitrogen and oxygen atoms in total. The van der Waals surface area contributed by atoms with Crippen LogP contribution in [0, 0.1) is 6.92 Å². The van der Waals surface area contributed by atoms with Crippen LogP contribution in [-0.2, 0) is 45.9 Å². The molecule has 2 aliphatic rings. The molecular weight excluding hydrogens is 1410 g/mol. The Morgan fingerprint density at radius 1 is 0.333 bits per heavy atom. The van der Waals surface area contributed by atoms with Gasteiger partial charge in [-0.1, -0.05) is 236 Å². The van der Waals surface area contributed by atoms with Gasteiger partial charge in [0, 0.05) is 108 Å². The molecule has 10 rings (SSSR count). The third-order valence-electron chi connectivity index (χ3n) is 21.2. The molecule has 0 N–H and O–H groups in total. The van der Waals surface area contributed by atoms with Crippen molar-refractivity contribution in [3.05, 3.63) is 298 Å². The number of benzene rings is 8. The molecule has 0 aliphatic heterocycles. The molecule has 8 aromatic carbocycles. The van der Waals surface area contributed by atoms with Crippen molar-refractivity contribution in [1.29, 1.82) is 0 Å². The summed E-state index contributed by atoms with van der Waals surface area (Å²) < 4.78 is 80.6. The molecule has 0 aromatic heterocycles. The summed E-state index contributed by atoms with van der Waals surface area (Å²) >= 11 is 0. The zero-order valence-corrected chi connectivity index (χ0v) is 69.5. The number of hydrogen-bond donors (Lipinski definition) is 0. The minimum absolute atomic E-state index is 0.215. The highest BCUT2D eigenvalue weighted by molar-refractivity contribution is 7.86. The normalized spacial score (nSPS) is 12.7. The fourth-order valence-corrected chi connectivity index (χ4v) is 16.2. The average Bonchev–Trinajstić information content (AvgIpc) is 0.778. The molecule has 0 amide bonds. The Bertz CT molecular complexity index is 4750. The number of allylic oxidation sites excluding steroid dienone is 10. The van der Waals surface area contributed by atoms with Crippen molar-refractivity contribution in [2.45, 2.75) is 226 Å². The minimum atomic E-state index is -4.75. The first-order valence-corrected chi connectivity index (χ1v) is 44.5. The van der Waals surface area contributed by atoms with E-state index < -0.39 is 20.2 Å². The lowest BCUT2D eigenvalue weighted by atomic mass is 9.90. The van der Waals surface area contributed by atoms with E-state index in [1.807, 2.05) is 0 Å². The fourth-order valence-electron chi connectivity index (χ4n) is 14.8. The van der Waals surface area contributed by atoms with Gasteiger partial charge in [-0.25, -0.2) is 16.8 Å². The van der Waals surface area contributed by atoms with Crippen LogP contribution in [0.1, 0.15) is 234 Å². The van der Waals surface area contributed by atoms with Crippen LogP contribution in [0.2, 0.25) is 0 Å². The largest absolute Gasteiger partial charge is 0.744 e. The summed E-state index contributed by atoms with van der Waals surface area (Å²) in [5.74, 6) is 0. The molecule has 0 heterocycles. The molecular formula is C99H122N4O6S2. The van der Waals surface area contributed by atoms with E-state index in [2.05, 4.69) is 269 Å². The van der Waals surface area contributed by atoms with E-state index in [1.54, 1.807) is 36.4 Å². The van der Waals surface area contributed by atoms with E-state index in [0.29, 0.717) is 22.3 Å². The zero-order valence-electron chi connectivity index (χ0n) is 67.9. The summed E-state index contributed by atoms with van der Waals surface area (Å²) in [5.41, 5.74) is 21.3. The maximum absolute atomic E-state index is 12.7. The van der Waals surface area contributed by atoms with Gasteiger partial charge in [0.15, 0.2) is 0 Å². The van der Waals surface area contributed by atoms with E-state index in [1.165, 1.54) is 123 Å². The molecule has 0 unspecified atom stereocenters. The Kier molecular flexibility index (Phi) is 34.3. The maximum Gasteiger partial charge on any atom is 0.208 e. The predicted octanol–water partition coefficient (Wildman–Crippen LogP) is 25.3. The minimum Gasteiger partial charge on any atom is -0.744 e. The molecule has 8 aromatic rings. The molecule has 0 saturated carbocycles. The van der Waals surface area contributed by atoms with E-state index in [9.17, 15) is 25.9 Å². The standard InChI is InChI=1S/C52H66N2O3S.C47H56N2O3S/c1-6-10-14-16-20-42-24-31-46(32-25-42)53(38-12-8-3)47-33-27-44(28-34-47)52(49-22-18-19-23-51(49)58(55,56)57)45-29-35-48(36-30-45)54(39-13-9-4)50-37-26-43(40-41(50)5)21-17-15-11-7-2;1-5-9-15-37-19-27-41(28-20-37)48(35-11-7-3)43-31-23-39(24-32-43)47(45-17-13-14-18-46(45)53(50,51)52)40-25-33-44(34-26-40)49(36-12-8-4)42-29-21-38(22-30-42)16-10-6-2/h18-19,22-37,40H,6-17,20-21,38-39H2,1-5H3;13-14,17-34H,5-12,15-16,35-36H2,1-4H3. The Morgan fingerprint density at radius 3 is 1.05 bits per heavy atom. The number of nitrogens with zero attached hydrogens (tertiary/aromatic N) is 4. The fraction of sp³-hybridized carbons (Fsp3) is 0.374. The Hall–Kier alpha value is -9.04. The molecule has 0 atom stereocenters. The van der Waals surface area contributed by atoms with Crippen molar-refractivity contribution >= 4 is 76.9 Å². The van der Waals surface area contributed by atoms with Gasteiger partial charge in [-0.15, -0.1) is 0 Å². The molecule has 2 aliphatic carbocycles. The van der Waals surface area contributed by atoms with Crippen LogP contribution >= 0.6 is 0 Å². The van der Waals surface area contributed by atoms with Crippen LogP contribution in [0.3, 0.4) is 0 Å². The second kappa shape index (κ2) is 44.3. The molecule has 0 radical (unpaired) electrons. The Morgan fingerprint density at radius 2 is 0.667 bits per heavy atom. The lowest BCUT2D eigenvalue weighted by Crippen LogP contribution is -2.18. The first kappa shape index (κ1) is 86.0. The Labute approximate surface area is 667 Å². The van der Waals surface area contributed by atoms with Crippen molar-refractivity contribution in [2.24, 2.45) is 0 Å². The molecule has 0 spiro atoms. The molecule has 586 valence electrons.